The van der Waals surface area contributed by atoms with Crippen LogP contribution < -0.4 is 19.5 Å². The number of carbonyl (C=O) groups excluding carboxylic acids is 3. The van der Waals surface area contributed by atoms with Gasteiger partial charge in [-0.3, -0.25) is 9.59 Å². The molecule has 6 heterocycles. The second kappa shape index (κ2) is 11.8. The van der Waals surface area contributed by atoms with Crippen molar-refractivity contribution in [2.75, 3.05) is 12.4 Å². The molecule has 2 aromatic rings. The van der Waals surface area contributed by atoms with Gasteiger partial charge in [0.1, 0.15) is 23.4 Å². The third-order valence-electron chi connectivity index (χ3n) is 12.7. The lowest BCUT2D eigenvalue weighted by atomic mass is 9.47. The van der Waals surface area contributed by atoms with Gasteiger partial charge in [0.15, 0.2) is 22.7 Å². The molecule has 4 fully saturated rings. The molecule has 5 aliphatic heterocycles. The van der Waals surface area contributed by atoms with Crippen molar-refractivity contribution in [2.24, 2.45) is 11.8 Å². The standard InChI is InChI=1S/C43H48N4O8/c1-21(2)11-10-15-41(8)19-24-17-28(48)52-36-29(24)34(53-41)25(13-12-22(3)4)35-30(36)32-31-33(47-20-44-39(45-32)46-47)26-18-27-40(6,7)55-42(37(26)49,43(27,31)54-35)16-14-23(5)38(50)51-9/h11-12,14,19-20,26-27,33H,10,13,15-18H2,1-9H3,(H,45,46)/b23-14-. The number of Topliss-reactive ketones (excluding diaryl/α,β-unsaturated/α-hetero) is 1. The predicted octanol–water partition coefficient (Wildman–Crippen LogP) is 7.16. The number of ketones is 1. The van der Waals surface area contributed by atoms with Crippen molar-refractivity contribution in [1.82, 2.24) is 14.8 Å². The number of aromatic nitrogens is 3. The minimum Gasteiger partial charge on any atom is -0.482 e. The second-order valence-electron chi connectivity index (χ2n) is 17.4. The normalized spacial score (nSPS) is 31.0. The van der Waals surface area contributed by atoms with E-state index in [4.69, 9.17) is 28.8 Å². The summed E-state index contributed by atoms with van der Waals surface area (Å²) in [4.78, 5) is 46.3. The van der Waals surface area contributed by atoms with Crippen LogP contribution in [0.15, 0.2) is 52.9 Å². The zero-order valence-electron chi connectivity index (χ0n) is 33.0. The van der Waals surface area contributed by atoms with Crippen LogP contribution in [0.25, 0.3) is 11.3 Å². The summed E-state index contributed by atoms with van der Waals surface area (Å²) in [7, 11) is 1.34. The average Bonchev–Trinajstić information content (AvgIpc) is 3.56. The van der Waals surface area contributed by atoms with Gasteiger partial charge in [-0.2, -0.15) is 0 Å². The minimum atomic E-state index is -1.52. The average molecular weight is 749 g/mol. The maximum atomic E-state index is 15.3. The number of benzene rings is 1. The number of allylic oxidation sites excluding steroid dienone is 4. The third kappa shape index (κ3) is 4.82. The van der Waals surface area contributed by atoms with Crippen molar-refractivity contribution in [3.8, 4) is 17.2 Å². The molecule has 0 radical (unpaired) electrons. The first-order chi connectivity index (χ1) is 26.0. The molecule has 1 N–H and O–H groups in total. The van der Waals surface area contributed by atoms with Crippen LogP contribution in [0, 0.1) is 11.8 Å². The molecular weight excluding hydrogens is 700 g/mol. The number of hydrogen-bond donors (Lipinski definition) is 1. The molecule has 12 heteroatoms. The summed E-state index contributed by atoms with van der Waals surface area (Å²) in [6.45, 7) is 16.0. The van der Waals surface area contributed by atoms with Gasteiger partial charge in [-0.05, 0) is 92.7 Å². The number of methoxy groups -OCH3 is 1. The first-order valence-electron chi connectivity index (χ1n) is 19.3. The minimum absolute atomic E-state index is 0.0751. The van der Waals surface area contributed by atoms with Crippen molar-refractivity contribution in [2.45, 2.75) is 122 Å². The molecule has 3 saturated carbocycles. The largest absolute Gasteiger partial charge is 0.482 e. The Labute approximate surface area is 320 Å². The third-order valence-corrected chi connectivity index (χ3v) is 12.7. The molecule has 1 aromatic heterocycles. The molecule has 6 atom stereocenters. The number of ether oxygens (including phenoxy) is 5. The van der Waals surface area contributed by atoms with Gasteiger partial charge in [-0.1, -0.05) is 29.4 Å². The van der Waals surface area contributed by atoms with E-state index in [1.54, 1.807) is 24.0 Å². The molecule has 1 spiro atoms. The highest BCUT2D eigenvalue weighted by molar-refractivity contribution is 6.04. The van der Waals surface area contributed by atoms with Crippen molar-refractivity contribution >= 4 is 34.9 Å². The van der Waals surface area contributed by atoms with Crippen molar-refractivity contribution in [3.05, 3.63) is 69.6 Å². The van der Waals surface area contributed by atoms with Crippen molar-refractivity contribution in [1.29, 1.82) is 0 Å². The lowest BCUT2D eigenvalue weighted by molar-refractivity contribution is -0.181. The Balaban J connectivity index is 1.37. The fraction of sp³-hybridized carbons (Fsp3) is 0.512. The van der Waals surface area contributed by atoms with Crippen LogP contribution in [0.4, 0.5) is 5.95 Å². The highest BCUT2D eigenvalue weighted by atomic mass is 16.6. The zero-order valence-corrected chi connectivity index (χ0v) is 33.0. The number of hydrogen-bond acceptors (Lipinski definition) is 11. The van der Waals surface area contributed by atoms with Crippen LogP contribution in [-0.4, -0.2) is 62.0 Å². The Bertz CT molecular complexity index is 2280. The van der Waals surface area contributed by atoms with E-state index in [9.17, 15) is 9.59 Å². The van der Waals surface area contributed by atoms with Crippen LogP contribution in [-0.2, 0) is 30.3 Å². The van der Waals surface area contributed by atoms with Gasteiger partial charge in [-0.15, -0.1) is 5.10 Å². The van der Waals surface area contributed by atoms with Crippen LogP contribution in [0.5, 0.6) is 17.2 Å². The predicted molar refractivity (Wildman–Crippen MR) is 203 cm³/mol. The molecule has 6 bridgehead atoms. The van der Waals surface area contributed by atoms with E-state index in [-0.39, 0.29) is 30.5 Å². The maximum absolute atomic E-state index is 15.3. The van der Waals surface area contributed by atoms with Crippen LogP contribution in [0.2, 0.25) is 0 Å². The van der Waals surface area contributed by atoms with Gasteiger partial charge in [0.25, 0.3) is 0 Å². The number of esters is 2. The van der Waals surface area contributed by atoms with Crippen LogP contribution in [0.3, 0.4) is 0 Å². The van der Waals surface area contributed by atoms with Gasteiger partial charge in [0.2, 0.25) is 5.95 Å². The quantitative estimate of drug-likeness (QED) is 0.127. The summed E-state index contributed by atoms with van der Waals surface area (Å²) in [5.41, 5.74) is 2.69. The van der Waals surface area contributed by atoms with Crippen molar-refractivity contribution < 1.29 is 38.1 Å². The molecular formula is C43H48N4O8. The molecule has 55 heavy (non-hydrogen) atoms. The summed E-state index contributed by atoms with van der Waals surface area (Å²) in [6.07, 6.45) is 12.4. The summed E-state index contributed by atoms with van der Waals surface area (Å²) in [6, 6.07) is -0.548. The van der Waals surface area contributed by atoms with Gasteiger partial charge in [0, 0.05) is 35.0 Å². The lowest BCUT2D eigenvalue weighted by Gasteiger charge is -2.61. The highest BCUT2D eigenvalue weighted by Crippen LogP contribution is 2.73. The number of nitrogens with zero attached hydrogens (tertiary/aromatic N) is 3. The van der Waals surface area contributed by atoms with Gasteiger partial charge >= 0.3 is 11.9 Å². The molecule has 1 saturated heterocycles. The Morgan fingerprint density at radius 3 is 2.49 bits per heavy atom. The first kappa shape index (κ1) is 35.7. The topological polar surface area (TPSA) is 140 Å². The summed E-state index contributed by atoms with van der Waals surface area (Å²) >= 11 is 0. The molecule has 288 valence electrons. The summed E-state index contributed by atoms with van der Waals surface area (Å²) < 4.78 is 35.1. The van der Waals surface area contributed by atoms with Crippen LogP contribution >= 0.6 is 0 Å². The monoisotopic (exact) mass is 748 g/mol. The SMILES string of the molecule is COC(=O)/C(C)=C\CC12OC(C)(C)C3CC(C1=O)C1C4=C(Nc5ncn1n5)c1c(c(CC=C(C)C)c5c6c1OC(=O)CC6=CC(C)(CCC=C(C)C)O5)OC432. The summed E-state index contributed by atoms with van der Waals surface area (Å²) in [5.74, 6) is -0.00475. The number of anilines is 1. The number of nitrogens with one attached hydrogen (secondary N) is 1. The fourth-order valence-corrected chi connectivity index (χ4v) is 10.5. The van der Waals surface area contributed by atoms with E-state index in [1.165, 1.54) is 12.7 Å². The Morgan fingerprint density at radius 2 is 1.76 bits per heavy atom. The Morgan fingerprint density at radius 1 is 1.02 bits per heavy atom. The number of fused-ring (bicyclic) bond motifs is 5. The summed E-state index contributed by atoms with van der Waals surface area (Å²) in [5, 5.41) is 8.37. The first-order valence-corrected chi connectivity index (χ1v) is 19.3. The molecule has 6 unspecified atom stereocenters. The highest BCUT2D eigenvalue weighted by Gasteiger charge is 2.84. The Hall–Kier alpha value is -4.97. The van der Waals surface area contributed by atoms with Gasteiger partial charge in [-0.25, -0.2) is 14.5 Å². The molecule has 3 aliphatic carbocycles. The van der Waals surface area contributed by atoms with Crippen molar-refractivity contribution in [3.63, 3.8) is 0 Å². The van der Waals surface area contributed by atoms with E-state index in [2.05, 4.69) is 63.1 Å². The smallest absolute Gasteiger partial charge is 0.333 e. The second-order valence-corrected chi connectivity index (χ2v) is 17.4. The molecule has 0 amide bonds. The van der Waals surface area contributed by atoms with E-state index in [0.29, 0.717) is 59.3 Å². The van der Waals surface area contributed by atoms with Gasteiger partial charge < -0.3 is 29.0 Å². The molecule has 8 aliphatic rings. The van der Waals surface area contributed by atoms with Crippen LogP contribution in [0.1, 0.15) is 110 Å². The van der Waals surface area contributed by atoms with E-state index in [0.717, 1.165) is 34.3 Å². The lowest BCUT2D eigenvalue weighted by Crippen LogP contribution is -2.74. The number of carbonyl (C=O) groups is 3. The van der Waals surface area contributed by atoms with E-state index >= 15 is 4.79 Å². The zero-order chi connectivity index (χ0) is 39.0. The Kier molecular flexibility index (Phi) is 7.64. The van der Waals surface area contributed by atoms with E-state index < -0.39 is 40.3 Å². The molecule has 1 aromatic carbocycles. The van der Waals surface area contributed by atoms with E-state index in [1.807, 2.05) is 13.8 Å². The fourth-order valence-electron chi connectivity index (χ4n) is 10.5. The molecule has 10 rings (SSSR count). The van der Waals surface area contributed by atoms with Gasteiger partial charge in [0.05, 0.1) is 42.0 Å². The maximum Gasteiger partial charge on any atom is 0.333 e. The molecule has 12 nitrogen and oxygen atoms in total. The number of rotatable bonds is 8.